The van der Waals surface area contributed by atoms with E-state index in [0.29, 0.717) is 6.04 Å². The minimum Gasteiger partial charge on any atom is -0.308 e. The molecule has 1 unspecified atom stereocenters. The first-order chi connectivity index (χ1) is 8.24. The van der Waals surface area contributed by atoms with Crippen LogP contribution in [0.25, 0.3) is 0 Å². The van der Waals surface area contributed by atoms with Crippen LogP contribution in [0.5, 0.6) is 0 Å². The van der Waals surface area contributed by atoms with Crippen LogP contribution in [0, 0.1) is 6.92 Å². The van der Waals surface area contributed by atoms with E-state index < -0.39 is 0 Å². The van der Waals surface area contributed by atoms with Crippen LogP contribution < -0.4 is 5.32 Å². The Bertz CT molecular complexity index is 296. The first-order valence-electron chi connectivity index (χ1n) is 6.89. The zero-order chi connectivity index (χ0) is 12.5. The monoisotopic (exact) mass is 254 g/mol. The van der Waals surface area contributed by atoms with Crippen molar-refractivity contribution < 1.29 is 0 Å². The molecule has 1 aromatic rings. The Kier molecular flexibility index (Phi) is 7.45. The summed E-state index contributed by atoms with van der Waals surface area (Å²) in [5, 5.41) is 6.89. The molecule has 0 aliphatic carbocycles. The lowest BCUT2D eigenvalue weighted by molar-refractivity contribution is 0.525. The maximum atomic E-state index is 4.51. The largest absolute Gasteiger partial charge is 0.308 e. The molecule has 0 fully saturated rings. The Morgan fingerprint density at radius 2 is 1.94 bits per heavy atom. The van der Waals surface area contributed by atoms with E-state index in [4.69, 9.17) is 0 Å². The third-order valence-corrected chi connectivity index (χ3v) is 4.13. The Morgan fingerprint density at radius 1 is 1.24 bits per heavy atom. The summed E-state index contributed by atoms with van der Waals surface area (Å²) in [6.07, 6.45) is 8.16. The molecule has 1 aromatic heterocycles. The molecule has 0 radical (unpaired) electrons. The zero-order valence-electron chi connectivity index (χ0n) is 11.5. The molecule has 0 spiro atoms. The van der Waals surface area contributed by atoms with Crippen molar-refractivity contribution in [3.05, 3.63) is 16.1 Å². The van der Waals surface area contributed by atoms with E-state index in [1.165, 1.54) is 43.5 Å². The van der Waals surface area contributed by atoms with Gasteiger partial charge < -0.3 is 5.32 Å². The molecule has 0 bridgehead atoms. The number of thiazole rings is 1. The van der Waals surface area contributed by atoms with Gasteiger partial charge in [-0.15, -0.1) is 11.3 Å². The Morgan fingerprint density at radius 3 is 2.59 bits per heavy atom. The number of rotatable bonds is 9. The highest BCUT2D eigenvalue weighted by atomic mass is 32.1. The predicted octanol–water partition coefficient (Wildman–Crippen LogP) is 4.46. The zero-order valence-corrected chi connectivity index (χ0v) is 12.3. The van der Waals surface area contributed by atoms with E-state index in [9.17, 15) is 0 Å². The maximum absolute atomic E-state index is 4.51. The van der Waals surface area contributed by atoms with Crippen LogP contribution in [-0.4, -0.2) is 11.5 Å². The number of hydrogen-bond acceptors (Lipinski definition) is 3. The normalized spacial score (nSPS) is 12.9. The molecule has 0 saturated heterocycles. The number of nitrogens with zero attached hydrogens (tertiary/aromatic N) is 1. The highest BCUT2D eigenvalue weighted by molar-refractivity contribution is 7.09. The van der Waals surface area contributed by atoms with Gasteiger partial charge in [0, 0.05) is 11.1 Å². The third kappa shape index (κ3) is 6.18. The molecule has 1 atom stereocenters. The van der Waals surface area contributed by atoms with Gasteiger partial charge in [0.25, 0.3) is 0 Å². The summed E-state index contributed by atoms with van der Waals surface area (Å²) in [5.41, 5.74) is 1.14. The second kappa shape index (κ2) is 8.65. The van der Waals surface area contributed by atoms with Crippen LogP contribution in [0.2, 0.25) is 0 Å². The van der Waals surface area contributed by atoms with Gasteiger partial charge in [-0.3, -0.25) is 0 Å². The molecule has 0 saturated carbocycles. The first kappa shape index (κ1) is 14.7. The number of nitrogens with one attached hydrogen (secondary N) is 1. The van der Waals surface area contributed by atoms with E-state index in [0.717, 1.165) is 12.2 Å². The van der Waals surface area contributed by atoms with Crippen molar-refractivity contribution in [3.8, 4) is 0 Å². The Balaban J connectivity index is 2.03. The second-order valence-corrected chi connectivity index (χ2v) is 5.66. The summed E-state index contributed by atoms with van der Waals surface area (Å²) < 4.78 is 0. The van der Waals surface area contributed by atoms with Gasteiger partial charge in [0.1, 0.15) is 5.01 Å². The van der Waals surface area contributed by atoms with Crippen LogP contribution in [-0.2, 0) is 0 Å². The van der Waals surface area contributed by atoms with Crippen molar-refractivity contribution in [2.45, 2.75) is 65.3 Å². The number of hydrogen-bond donors (Lipinski definition) is 1. The maximum Gasteiger partial charge on any atom is 0.110 e. The third-order valence-electron chi connectivity index (χ3n) is 2.99. The van der Waals surface area contributed by atoms with Crippen molar-refractivity contribution in [1.29, 1.82) is 0 Å². The van der Waals surface area contributed by atoms with E-state index in [2.05, 4.69) is 36.5 Å². The van der Waals surface area contributed by atoms with Crippen LogP contribution in [0.1, 0.15) is 69.1 Å². The first-order valence-corrected chi connectivity index (χ1v) is 7.77. The van der Waals surface area contributed by atoms with Gasteiger partial charge in [0.15, 0.2) is 0 Å². The summed E-state index contributed by atoms with van der Waals surface area (Å²) in [7, 11) is 0. The van der Waals surface area contributed by atoms with Crippen LogP contribution >= 0.6 is 11.3 Å². The van der Waals surface area contributed by atoms with Gasteiger partial charge in [-0.25, -0.2) is 4.98 Å². The minimum atomic E-state index is 0.407. The van der Waals surface area contributed by atoms with Crippen LogP contribution in [0.15, 0.2) is 5.38 Å². The standard InChI is InChI=1S/C14H26N2S/c1-4-5-6-7-8-9-10-15-13(3)14-16-12(2)11-17-14/h11,13,15H,4-10H2,1-3H3. The fourth-order valence-corrected chi connectivity index (χ4v) is 2.71. The van der Waals surface area contributed by atoms with E-state index in [1.54, 1.807) is 11.3 Å². The average molecular weight is 254 g/mol. The number of aromatic nitrogens is 1. The highest BCUT2D eigenvalue weighted by Gasteiger charge is 2.07. The lowest BCUT2D eigenvalue weighted by atomic mass is 10.1. The van der Waals surface area contributed by atoms with Gasteiger partial charge in [0.2, 0.25) is 0 Å². The average Bonchev–Trinajstić information content (AvgIpc) is 2.74. The Hall–Kier alpha value is -0.410. The minimum absolute atomic E-state index is 0.407. The molecule has 0 amide bonds. The second-order valence-electron chi connectivity index (χ2n) is 4.77. The molecule has 1 heterocycles. The van der Waals surface area contributed by atoms with Crippen molar-refractivity contribution in [3.63, 3.8) is 0 Å². The summed E-state index contributed by atoms with van der Waals surface area (Å²) in [4.78, 5) is 4.51. The molecule has 2 nitrogen and oxygen atoms in total. The molecular formula is C14H26N2S. The van der Waals surface area contributed by atoms with Gasteiger partial charge in [-0.2, -0.15) is 0 Å². The lowest BCUT2D eigenvalue weighted by Crippen LogP contribution is -2.19. The van der Waals surface area contributed by atoms with Crippen molar-refractivity contribution >= 4 is 11.3 Å². The van der Waals surface area contributed by atoms with E-state index in [1.807, 2.05) is 0 Å². The molecular weight excluding hydrogens is 228 g/mol. The summed E-state index contributed by atoms with van der Waals surface area (Å²) in [5.74, 6) is 0. The molecule has 1 rings (SSSR count). The molecule has 0 aliphatic rings. The molecule has 17 heavy (non-hydrogen) atoms. The summed E-state index contributed by atoms with van der Waals surface area (Å²) in [6, 6.07) is 0.407. The number of aryl methyl sites for hydroxylation is 1. The van der Waals surface area contributed by atoms with Gasteiger partial charge >= 0.3 is 0 Å². The highest BCUT2D eigenvalue weighted by Crippen LogP contribution is 2.17. The van der Waals surface area contributed by atoms with Crippen molar-refractivity contribution in [2.24, 2.45) is 0 Å². The van der Waals surface area contributed by atoms with Crippen molar-refractivity contribution in [1.82, 2.24) is 10.3 Å². The fourth-order valence-electron chi connectivity index (χ4n) is 1.88. The molecule has 0 aromatic carbocycles. The smallest absolute Gasteiger partial charge is 0.110 e. The Labute approximate surface area is 110 Å². The van der Waals surface area contributed by atoms with E-state index >= 15 is 0 Å². The quantitative estimate of drug-likeness (QED) is 0.658. The SMILES string of the molecule is CCCCCCCCNC(C)c1nc(C)cs1. The van der Waals surface area contributed by atoms with Gasteiger partial charge in [0.05, 0.1) is 6.04 Å². The van der Waals surface area contributed by atoms with Gasteiger partial charge in [-0.05, 0) is 26.8 Å². The molecule has 1 N–H and O–H groups in total. The topological polar surface area (TPSA) is 24.9 Å². The summed E-state index contributed by atoms with van der Waals surface area (Å²) in [6.45, 7) is 7.64. The van der Waals surface area contributed by atoms with Crippen molar-refractivity contribution in [2.75, 3.05) is 6.54 Å². The number of unbranched alkanes of at least 4 members (excludes halogenated alkanes) is 5. The fraction of sp³-hybridized carbons (Fsp3) is 0.786. The predicted molar refractivity (Wildman–Crippen MR) is 76.6 cm³/mol. The van der Waals surface area contributed by atoms with E-state index in [-0.39, 0.29) is 0 Å². The molecule has 98 valence electrons. The van der Waals surface area contributed by atoms with Gasteiger partial charge in [-0.1, -0.05) is 39.0 Å². The molecule has 3 heteroatoms. The van der Waals surface area contributed by atoms with Crippen LogP contribution in [0.4, 0.5) is 0 Å². The lowest BCUT2D eigenvalue weighted by Gasteiger charge is -2.10. The molecule has 0 aliphatic heterocycles. The summed E-state index contributed by atoms with van der Waals surface area (Å²) >= 11 is 1.76. The van der Waals surface area contributed by atoms with Crippen LogP contribution in [0.3, 0.4) is 0 Å².